The molecule has 0 unspecified atom stereocenters. The van der Waals surface area contributed by atoms with Crippen molar-refractivity contribution in [3.05, 3.63) is 88.2 Å². The quantitative estimate of drug-likeness (QED) is 0.311. The number of aryl methyl sites for hydroxylation is 1. The Kier molecular flexibility index (Phi) is 8.03. The Labute approximate surface area is 190 Å². The summed E-state index contributed by atoms with van der Waals surface area (Å²) in [5.74, 6) is -0.450. The number of thioether (sulfide) groups is 1. The molecule has 0 radical (unpaired) electrons. The zero-order valence-corrected chi connectivity index (χ0v) is 18.7. The van der Waals surface area contributed by atoms with Gasteiger partial charge in [0.2, 0.25) is 0 Å². The molecule has 0 fully saturated rings. The van der Waals surface area contributed by atoms with Crippen LogP contribution in [0.3, 0.4) is 0 Å². The molecule has 1 amide bonds. The van der Waals surface area contributed by atoms with Crippen LogP contribution >= 0.6 is 23.4 Å². The van der Waals surface area contributed by atoms with Crippen LogP contribution in [0.25, 0.3) is 0 Å². The lowest BCUT2D eigenvalue weighted by molar-refractivity contribution is -0.142. The number of hydrogen-bond acceptors (Lipinski definition) is 6. The number of methoxy groups -OCH3 is 1. The summed E-state index contributed by atoms with van der Waals surface area (Å²) in [4.78, 5) is 33.6. The summed E-state index contributed by atoms with van der Waals surface area (Å²) in [5, 5.41) is 3.22. The molecule has 1 N–H and O–H groups in total. The normalized spacial score (nSPS) is 11.6. The van der Waals surface area contributed by atoms with Gasteiger partial charge in [0, 0.05) is 12.2 Å². The fourth-order valence-electron chi connectivity index (χ4n) is 2.82. The van der Waals surface area contributed by atoms with Crippen molar-refractivity contribution in [2.24, 2.45) is 0 Å². The van der Waals surface area contributed by atoms with Crippen LogP contribution in [0.5, 0.6) is 0 Å². The van der Waals surface area contributed by atoms with Crippen LogP contribution in [0.4, 0.5) is 0 Å². The van der Waals surface area contributed by atoms with E-state index in [0.29, 0.717) is 10.9 Å². The molecule has 31 heavy (non-hydrogen) atoms. The van der Waals surface area contributed by atoms with E-state index in [1.165, 1.54) is 30.6 Å². The zero-order valence-electron chi connectivity index (χ0n) is 17.2. The van der Waals surface area contributed by atoms with Gasteiger partial charge in [-0.3, -0.25) is 4.79 Å². The van der Waals surface area contributed by atoms with Gasteiger partial charge in [-0.15, -0.1) is 0 Å². The van der Waals surface area contributed by atoms with Gasteiger partial charge in [-0.25, -0.2) is 14.8 Å². The lowest BCUT2D eigenvalue weighted by atomic mass is 10.1. The highest BCUT2D eigenvalue weighted by atomic mass is 35.5. The van der Waals surface area contributed by atoms with Crippen molar-refractivity contribution in [3.8, 4) is 0 Å². The van der Waals surface area contributed by atoms with E-state index in [1.807, 2.05) is 61.5 Å². The Morgan fingerprint density at radius 1 is 1.10 bits per heavy atom. The van der Waals surface area contributed by atoms with Crippen molar-refractivity contribution in [2.75, 3.05) is 7.11 Å². The molecule has 3 aromatic rings. The first-order valence-electron chi connectivity index (χ1n) is 9.59. The Morgan fingerprint density at radius 3 is 2.48 bits per heavy atom. The molecule has 0 bridgehead atoms. The van der Waals surface area contributed by atoms with Gasteiger partial charge in [-0.05, 0) is 18.1 Å². The number of carbonyl (C=O) groups is 2. The molecule has 0 saturated heterocycles. The summed E-state index contributed by atoms with van der Waals surface area (Å²) < 4.78 is 4.85. The van der Waals surface area contributed by atoms with E-state index < -0.39 is 17.9 Å². The van der Waals surface area contributed by atoms with E-state index in [4.69, 9.17) is 16.3 Å². The first kappa shape index (κ1) is 22.8. The molecule has 1 heterocycles. The third kappa shape index (κ3) is 6.54. The van der Waals surface area contributed by atoms with Crippen LogP contribution in [0.1, 0.15) is 27.2 Å². The number of nitrogens with one attached hydrogen (secondary N) is 1. The highest BCUT2D eigenvalue weighted by Crippen LogP contribution is 2.22. The number of nitrogens with zero attached hydrogens (tertiary/aromatic N) is 2. The van der Waals surface area contributed by atoms with Crippen molar-refractivity contribution in [1.82, 2.24) is 15.3 Å². The second kappa shape index (κ2) is 10.9. The van der Waals surface area contributed by atoms with Gasteiger partial charge in [0.05, 0.1) is 18.3 Å². The summed E-state index contributed by atoms with van der Waals surface area (Å²) in [6.07, 6.45) is 1.68. The second-order valence-corrected chi connectivity index (χ2v) is 8.21. The Hall–Kier alpha value is -2.90. The van der Waals surface area contributed by atoms with E-state index >= 15 is 0 Å². The average molecular weight is 456 g/mol. The molecule has 1 atom stereocenters. The Morgan fingerprint density at radius 2 is 1.81 bits per heavy atom. The molecular formula is C23H22ClN3O3S. The largest absolute Gasteiger partial charge is 0.467 e. The van der Waals surface area contributed by atoms with Crippen LogP contribution < -0.4 is 5.32 Å². The molecule has 0 aliphatic carbocycles. The van der Waals surface area contributed by atoms with Gasteiger partial charge in [0.25, 0.3) is 5.91 Å². The van der Waals surface area contributed by atoms with Gasteiger partial charge in [-0.1, -0.05) is 83.5 Å². The smallest absolute Gasteiger partial charge is 0.328 e. The highest BCUT2D eigenvalue weighted by Gasteiger charge is 2.25. The maximum Gasteiger partial charge on any atom is 0.328 e. The van der Waals surface area contributed by atoms with E-state index in [2.05, 4.69) is 15.3 Å². The van der Waals surface area contributed by atoms with Gasteiger partial charge in [0.1, 0.15) is 6.04 Å². The maximum atomic E-state index is 12.8. The molecule has 2 aromatic carbocycles. The monoisotopic (exact) mass is 455 g/mol. The molecule has 0 saturated carbocycles. The van der Waals surface area contributed by atoms with Gasteiger partial charge in [-0.2, -0.15) is 0 Å². The fraction of sp³-hybridized carbons (Fsp3) is 0.217. The lowest BCUT2D eigenvalue weighted by Gasteiger charge is -2.17. The van der Waals surface area contributed by atoms with Crippen LogP contribution in [0.2, 0.25) is 5.02 Å². The first-order chi connectivity index (χ1) is 15.0. The number of benzene rings is 2. The van der Waals surface area contributed by atoms with Crippen molar-refractivity contribution >= 4 is 35.2 Å². The summed E-state index contributed by atoms with van der Waals surface area (Å²) in [7, 11) is 1.28. The molecular weight excluding hydrogens is 434 g/mol. The molecule has 0 aliphatic heterocycles. The van der Waals surface area contributed by atoms with Gasteiger partial charge < -0.3 is 10.1 Å². The van der Waals surface area contributed by atoms with Gasteiger partial charge in [0.15, 0.2) is 10.9 Å². The number of rotatable bonds is 8. The first-order valence-corrected chi connectivity index (χ1v) is 11.0. The molecule has 0 aliphatic rings. The van der Waals surface area contributed by atoms with Crippen molar-refractivity contribution in [1.29, 1.82) is 0 Å². The van der Waals surface area contributed by atoms with E-state index in [-0.39, 0.29) is 17.1 Å². The number of carbonyl (C=O) groups excluding carboxylic acids is 2. The lowest BCUT2D eigenvalue weighted by Crippen LogP contribution is -2.43. The predicted octanol–water partition coefficient (Wildman–Crippen LogP) is 4.24. The van der Waals surface area contributed by atoms with Crippen LogP contribution in [0, 0.1) is 6.92 Å². The van der Waals surface area contributed by atoms with Crippen molar-refractivity contribution in [2.45, 2.75) is 30.3 Å². The summed E-state index contributed by atoms with van der Waals surface area (Å²) in [6.45, 7) is 2.03. The number of hydrogen-bond donors (Lipinski definition) is 1. The molecule has 0 spiro atoms. The maximum absolute atomic E-state index is 12.8. The average Bonchev–Trinajstić information content (AvgIpc) is 2.79. The minimum atomic E-state index is -0.866. The minimum Gasteiger partial charge on any atom is -0.467 e. The number of aromatic nitrogens is 2. The fourth-order valence-corrected chi connectivity index (χ4v) is 3.77. The SMILES string of the molecule is COC(=O)[C@H](Cc1ccccc1)NC(=O)c1nc(SCc2ccc(C)cc2)ncc1Cl. The zero-order chi connectivity index (χ0) is 22.2. The highest BCUT2D eigenvalue weighted by molar-refractivity contribution is 7.98. The topological polar surface area (TPSA) is 81.2 Å². The summed E-state index contributed by atoms with van der Waals surface area (Å²) in [6, 6.07) is 16.6. The summed E-state index contributed by atoms with van der Waals surface area (Å²) >= 11 is 7.57. The number of amides is 1. The van der Waals surface area contributed by atoms with E-state index in [9.17, 15) is 9.59 Å². The molecule has 3 rings (SSSR count). The van der Waals surface area contributed by atoms with Crippen LogP contribution in [0.15, 0.2) is 66.0 Å². The van der Waals surface area contributed by atoms with E-state index in [1.54, 1.807) is 0 Å². The molecule has 6 nitrogen and oxygen atoms in total. The van der Waals surface area contributed by atoms with Gasteiger partial charge >= 0.3 is 5.97 Å². The number of ether oxygens (including phenoxy) is 1. The third-order valence-corrected chi connectivity index (χ3v) is 5.71. The van der Waals surface area contributed by atoms with Crippen molar-refractivity contribution in [3.63, 3.8) is 0 Å². The third-order valence-electron chi connectivity index (χ3n) is 4.50. The predicted molar refractivity (Wildman–Crippen MR) is 121 cm³/mol. The number of halogens is 1. The molecule has 1 aromatic heterocycles. The molecule has 160 valence electrons. The van der Waals surface area contributed by atoms with E-state index in [0.717, 1.165) is 11.1 Å². The second-order valence-electron chi connectivity index (χ2n) is 6.86. The molecule has 8 heteroatoms. The Bertz CT molecular complexity index is 1050. The van der Waals surface area contributed by atoms with Crippen LogP contribution in [-0.4, -0.2) is 35.0 Å². The summed E-state index contributed by atoms with van der Waals surface area (Å²) in [5.41, 5.74) is 3.21. The standard InChI is InChI=1S/C23H22ClN3O3S/c1-15-8-10-17(11-9-15)14-31-23-25-13-18(24)20(27-23)21(28)26-19(22(29)30-2)12-16-6-4-3-5-7-16/h3-11,13,19H,12,14H2,1-2H3,(H,26,28)/t19-/m0/s1. The Balaban J connectivity index is 1.72. The van der Waals surface area contributed by atoms with Crippen molar-refractivity contribution < 1.29 is 14.3 Å². The van der Waals surface area contributed by atoms with Crippen LogP contribution in [-0.2, 0) is 21.7 Å². The number of esters is 1. The minimum absolute atomic E-state index is 0.0186.